The second-order valence-corrected chi connectivity index (χ2v) is 8.39. The first-order valence-electron chi connectivity index (χ1n) is 8.94. The highest BCUT2D eigenvalue weighted by Crippen LogP contribution is 2.39. The Hall–Kier alpha value is -2.65. The molecular formula is C19H19N5O2S2. The highest BCUT2D eigenvalue weighted by Gasteiger charge is 2.30. The van der Waals surface area contributed by atoms with Crippen molar-refractivity contribution >= 4 is 34.9 Å². The van der Waals surface area contributed by atoms with Crippen molar-refractivity contribution < 1.29 is 9.59 Å². The van der Waals surface area contributed by atoms with Crippen LogP contribution >= 0.6 is 23.1 Å². The largest absolute Gasteiger partial charge is 0.303 e. The van der Waals surface area contributed by atoms with Crippen LogP contribution in [0.3, 0.4) is 0 Å². The van der Waals surface area contributed by atoms with Crippen LogP contribution in [0.2, 0.25) is 0 Å². The zero-order valence-electron chi connectivity index (χ0n) is 15.0. The molecule has 0 unspecified atom stereocenters. The van der Waals surface area contributed by atoms with Crippen LogP contribution in [0.25, 0.3) is 0 Å². The van der Waals surface area contributed by atoms with Gasteiger partial charge in [0.05, 0.1) is 5.75 Å². The molecule has 7 nitrogen and oxygen atoms in total. The molecule has 1 saturated carbocycles. The maximum Gasteiger partial charge on any atom is 0.269 e. The number of thiophene rings is 1. The third-order valence-corrected chi connectivity index (χ3v) is 6.06. The quantitative estimate of drug-likeness (QED) is 0.459. The standard InChI is InChI=1S/C19H19N5O2S2/c25-17(21-22-18(26)13-5-2-1-3-6-13)12-28-19-23-20-16(24(19)14-8-9-14)11-15-7-4-10-27-15/h1-7,10,14H,8-9,11-12H2,(H,21,25)(H,22,26). The van der Waals surface area contributed by atoms with Crippen molar-refractivity contribution in [2.24, 2.45) is 0 Å². The Balaban J connectivity index is 1.32. The van der Waals surface area contributed by atoms with E-state index in [2.05, 4.69) is 37.1 Å². The predicted molar refractivity (Wildman–Crippen MR) is 108 cm³/mol. The first-order valence-corrected chi connectivity index (χ1v) is 10.8. The average Bonchev–Trinajstić information content (AvgIpc) is 3.27. The first kappa shape index (κ1) is 18.7. The highest BCUT2D eigenvalue weighted by atomic mass is 32.2. The molecule has 1 aliphatic rings. The lowest BCUT2D eigenvalue weighted by Crippen LogP contribution is -2.42. The van der Waals surface area contributed by atoms with Gasteiger partial charge in [-0.25, -0.2) is 0 Å². The molecule has 2 aromatic heterocycles. The Kier molecular flexibility index (Phi) is 5.73. The molecule has 9 heteroatoms. The summed E-state index contributed by atoms with van der Waals surface area (Å²) in [5, 5.41) is 11.4. The minimum atomic E-state index is -0.349. The molecule has 2 N–H and O–H groups in total. The molecule has 28 heavy (non-hydrogen) atoms. The van der Waals surface area contributed by atoms with Gasteiger partial charge in [0.25, 0.3) is 5.91 Å². The minimum Gasteiger partial charge on any atom is -0.303 e. The van der Waals surface area contributed by atoms with E-state index in [9.17, 15) is 9.59 Å². The minimum absolute atomic E-state index is 0.152. The monoisotopic (exact) mass is 413 g/mol. The van der Waals surface area contributed by atoms with Crippen molar-refractivity contribution in [2.75, 3.05) is 5.75 Å². The van der Waals surface area contributed by atoms with Gasteiger partial charge >= 0.3 is 0 Å². The van der Waals surface area contributed by atoms with E-state index in [-0.39, 0.29) is 17.6 Å². The van der Waals surface area contributed by atoms with Gasteiger partial charge in [-0.1, -0.05) is 36.0 Å². The number of amides is 2. The van der Waals surface area contributed by atoms with Gasteiger partial charge in [-0.05, 0) is 36.4 Å². The molecule has 0 aliphatic heterocycles. The number of benzene rings is 1. The van der Waals surface area contributed by atoms with Crippen molar-refractivity contribution in [3.63, 3.8) is 0 Å². The average molecular weight is 414 g/mol. The maximum atomic E-state index is 12.1. The predicted octanol–water partition coefficient (Wildman–Crippen LogP) is 2.82. The lowest BCUT2D eigenvalue weighted by Gasteiger charge is -2.09. The molecule has 2 heterocycles. The van der Waals surface area contributed by atoms with Crippen LogP contribution in [-0.2, 0) is 11.2 Å². The number of rotatable bonds is 7. The topological polar surface area (TPSA) is 88.9 Å². The number of hydrogen-bond acceptors (Lipinski definition) is 6. The van der Waals surface area contributed by atoms with E-state index in [4.69, 9.17) is 0 Å². The number of nitrogens with zero attached hydrogens (tertiary/aromatic N) is 3. The van der Waals surface area contributed by atoms with E-state index in [0.717, 1.165) is 30.2 Å². The smallest absolute Gasteiger partial charge is 0.269 e. The summed E-state index contributed by atoms with van der Waals surface area (Å²) in [6, 6.07) is 13.3. The van der Waals surface area contributed by atoms with E-state index < -0.39 is 0 Å². The summed E-state index contributed by atoms with van der Waals surface area (Å²) in [5.41, 5.74) is 5.36. The fraction of sp³-hybridized carbons (Fsp3) is 0.263. The lowest BCUT2D eigenvalue weighted by atomic mass is 10.2. The van der Waals surface area contributed by atoms with Gasteiger partial charge < -0.3 is 4.57 Å². The number of aromatic nitrogens is 3. The van der Waals surface area contributed by atoms with Crippen molar-refractivity contribution in [1.29, 1.82) is 0 Å². The lowest BCUT2D eigenvalue weighted by molar-refractivity contribution is -0.119. The molecule has 0 saturated heterocycles. The third kappa shape index (κ3) is 4.60. The maximum absolute atomic E-state index is 12.1. The molecular weight excluding hydrogens is 394 g/mol. The van der Waals surface area contributed by atoms with Crippen LogP contribution in [0.5, 0.6) is 0 Å². The van der Waals surface area contributed by atoms with Crippen molar-refractivity contribution in [1.82, 2.24) is 25.6 Å². The van der Waals surface area contributed by atoms with E-state index in [0.29, 0.717) is 11.6 Å². The van der Waals surface area contributed by atoms with Gasteiger partial charge in [-0.15, -0.1) is 21.5 Å². The van der Waals surface area contributed by atoms with Gasteiger partial charge in [0.2, 0.25) is 5.91 Å². The van der Waals surface area contributed by atoms with Crippen molar-refractivity contribution in [3.8, 4) is 0 Å². The zero-order valence-corrected chi connectivity index (χ0v) is 16.6. The van der Waals surface area contributed by atoms with E-state index in [1.54, 1.807) is 35.6 Å². The summed E-state index contributed by atoms with van der Waals surface area (Å²) >= 11 is 3.04. The van der Waals surface area contributed by atoms with Crippen molar-refractivity contribution in [2.45, 2.75) is 30.5 Å². The SMILES string of the molecule is O=C(CSc1nnc(Cc2cccs2)n1C1CC1)NNC(=O)c1ccccc1. The molecule has 1 fully saturated rings. The molecule has 1 aromatic carbocycles. The number of hydrogen-bond donors (Lipinski definition) is 2. The summed E-state index contributed by atoms with van der Waals surface area (Å²) in [6.45, 7) is 0. The Morgan fingerprint density at radius 2 is 1.93 bits per heavy atom. The first-order chi connectivity index (χ1) is 13.7. The summed E-state index contributed by atoms with van der Waals surface area (Å²) in [4.78, 5) is 25.3. The highest BCUT2D eigenvalue weighted by molar-refractivity contribution is 7.99. The van der Waals surface area contributed by atoms with Crippen LogP contribution in [-0.4, -0.2) is 32.3 Å². The van der Waals surface area contributed by atoms with E-state index >= 15 is 0 Å². The normalized spacial score (nSPS) is 13.3. The molecule has 0 radical (unpaired) electrons. The van der Waals surface area contributed by atoms with Gasteiger partial charge in [0.15, 0.2) is 5.16 Å². The fourth-order valence-corrected chi connectivity index (χ4v) is 4.28. The molecule has 2 amide bonds. The molecule has 4 rings (SSSR count). The van der Waals surface area contributed by atoms with Gasteiger partial charge in [-0.2, -0.15) is 0 Å². The number of thioether (sulfide) groups is 1. The molecule has 3 aromatic rings. The molecule has 1 aliphatic carbocycles. The summed E-state index contributed by atoms with van der Waals surface area (Å²) in [6.07, 6.45) is 2.98. The Bertz CT molecular complexity index is 952. The van der Waals surface area contributed by atoms with E-state index in [1.165, 1.54) is 16.6 Å². The number of carbonyl (C=O) groups is 2. The fourth-order valence-electron chi connectivity index (χ4n) is 2.75. The van der Waals surface area contributed by atoms with E-state index in [1.807, 2.05) is 12.1 Å². The Labute approximate surface area is 170 Å². The summed E-state index contributed by atoms with van der Waals surface area (Å²) in [7, 11) is 0. The van der Waals surface area contributed by atoms with Gasteiger partial charge in [-0.3, -0.25) is 20.4 Å². The number of nitrogens with one attached hydrogen (secondary N) is 2. The summed E-state index contributed by atoms with van der Waals surface area (Å²) < 4.78 is 2.15. The second kappa shape index (κ2) is 8.57. The summed E-state index contributed by atoms with van der Waals surface area (Å²) in [5.74, 6) is 0.446. The molecule has 0 atom stereocenters. The van der Waals surface area contributed by atoms with Crippen LogP contribution < -0.4 is 10.9 Å². The Morgan fingerprint density at radius 1 is 1.11 bits per heavy atom. The number of carbonyl (C=O) groups excluding carboxylic acids is 2. The number of hydrazine groups is 1. The van der Waals surface area contributed by atoms with Crippen LogP contribution in [0.4, 0.5) is 0 Å². The van der Waals surface area contributed by atoms with Gasteiger partial charge in [0.1, 0.15) is 5.82 Å². The zero-order chi connectivity index (χ0) is 19.3. The molecule has 0 spiro atoms. The second-order valence-electron chi connectivity index (χ2n) is 6.41. The van der Waals surface area contributed by atoms with Crippen LogP contribution in [0, 0.1) is 0 Å². The van der Waals surface area contributed by atoms with Crippen LogP contribution in [0.1, 0.15) is 39.9 Å². The molecule has 0 bridgehead atoms. The van der Waals surface area contributed by atoms with Crippen molar-refractivity contribution in [3.05, 3.63) is 64.1 Å². The molecule has 144 valence electrons. The van der Waals surface area contributed by atoms with Gasteiger partial charge in [0, 0.05) is 22.9 Å². The van der Waals surface area contributed by atoms with Crippen LogP contribution in [0.15, 0.2) is 53.0 Å². The third-order valence-electron chi connectivity index (χ3n) is 4.24. The Morgan fingerprint density at radius 3 is 2.64 bits per heavy atom.